The number of hydrogen-bond donors (Lipinski definition) is 2. The van der Waals surface area contributed by atoms with Crippen LogP contribution in [0.5, 0.6) is 0 Å². The third-order valence-corrected chi connectivity index (χ3v) is 4.07. The van der Waals surface area contributed by atoms with Gasteiger partial charge in [0.2, 0.25) is 0 Å². The van der Waals surface area contributed by atoms with Crippen LogP contribution in [-0.2, 0) is 0 Å². The van der Waals surface area contributed by atoms with Gasteiger partial charge in [0.15, 0.2) is 0 Å². The van der Waals surface area contributed by atoms with Crippen molar-refractivity contribution < 1.29 is 4.79 Å². The van der Waals surface area contributed by atoms with Gasteiger partial charge in [-0.05, 0) is 46.3 Å². The number of amides is 1. The molecule has 0 aliphatic heterocycles. The van der Waals surface area contributed by atoms with Gasteiger partial charge >= 0.3 is 0 Å². The molecule has 0 fully saturated rings. The summed E-state index contributed by atoms with van der Waals surface area (Å²) >= 11 is 6.80. The summed E-state index contributed by atoms with van der Waals surface area (Å²) in [5.41, 5.74) is 2.13. The first-order chi connectivity index (χ1) is 9.63. The summed E-state index contributed by atoms with van der Waals surface area (Å²) in [7, 11) is 0. The molecule has 0 spiro atoms. The molecule has 2 N–H and O–H groups in total. The first kappa shape index (κ1) is 13.3. The lowest BCUT2D eigenvalue weighted by molar-refractivity contribution is 0.102. The van der Waals surface area contributed by atoms with Crippen molar-refractivity contribution in [3.05, 3.63) is 57.1 Å². The molecule has 0 atom stereocenters. The van der Waals surface area contributed by atoms with Crippen LogP contribution in [0.15, 0.2) is 51.5 Å². The van der Waals surface area contributed by atoms with Crippen molar-refractivity contribution in [2.24, 2.45) is 0 Å². The van der Waals surface area contributed by atoms with E-state index in [2.05, 4.69) is 47.4 Å². The number of hydrogen-bond acceptors (Lipinski definition) is 2. The second-order valence-corrected chi connectivity index (χ2v) is 6.02. The number of aromatic nitrogens is 2. The minimum absolute atomic E-state index is 0.166. The Morgan fingerprint density at radius 2 is 2.00 bits per heavy atom. The number of halogens is 2. The molecule has 1 heterocycles. The summed E-state index contributed by atoms with van der Waals surface area (Å²) < 4.78 is 1.73. The van der Waals surface area contributed by atoms with Crippen LogP contribution in [0.2, 0.25) is 0 Å². The van der Waals surface area contributed by atoms with E-state index in [0.29, 0.717) is 11.3 Å². The van der Waals surface area contributed by atoms with Gasteiger partial charge in [-0.25, -0.2) is 0 Å². The second-order valence-electron chi connectivity index (χ2n) is 4.25. The Balaban J connectivity index is 1.90. The van der Waals surface area contributed by atoms with Gasteiger partial charge in [-0.15, -0.1) is 0 Å². The fourth-order valence-corrected chi connectivity index (χ4v) is 2.57. The lowest BCUT2D eigenvalue weighted by Crippen LogP contribution is -2.12. The van der Waals surface area contributed by atoms with Gasteiger partial charge in [0.25, 0.3) is 5.91 Å². The predicted molar refractivity (Wildman–Crippen MR) is 85.9 cm³/mol. The maximum Gasteiger partial charge on any atom is 0.255 e. The van der Waals surface area contributed by atoms with Crippen LogP contribution in [0.25, 0.3) is 10.9 Å². The summed E-state index contributed by atoms with van der Waals surface area (Å²) in [6.45, 7) is 0. The van der Waals surface area contributed by atoms with Crippen molar-refractivity contribution in [3.63, 3.8) is 0 Å². The largest absolute Gasteiger partial charge is 0.321 e. The number of nitrogens with one attached hydrogen (secondary N) is 2. The maximum absolute atomic E-state index is 12.3. The van der Waals surface area contributed by atoms with E-state index in [4.69, 9.17) is 0 Å². The standard InChI is InChI=1S/C14H9Br2N3O/c15-10-3-4-11(16)13(6-10)18-14(20)8-1-2-9-7-17-19-12(9)5-8/h1-7H,(H,17,19)(H,18,20). The molecule has 4 nitrogen and oxygen atoms in total. The molecule has 20 heavy (non-hydrogen) atoms. The van der Waals surface area contributed by atoms with E-state index in [1.807, 2.05) is 24.3 Å². The Labute approximate surface area is 131 Å². The van der Waals surface area contributed by atoms with Gasteiger partial charge in [0.1, 0.15) is 0 Å². The Morgan fingerprint density at radius 1 is 1.15 bits per heavy atom. The zero-order chi connectivity index (χ0) is 14.1. The molecule has 1 aromatic heterocycles. The molecular weight excluding hydrogens is 386 g/mol. The molecule has 0 aliphatic rings. The number of rotatable bonds is 2. The van der Waals surface area contributed by atoms with Gasteiger partial charge in [0.05, 0.1) is 17.4 Å². The summed E-state index contributed by atoms with van der Waals surface area (Å²) in [5, 5.41) is 10.6. The molecule has 3 aromatic rings. The molecule has 0 saturated carbocycles. The van der Waals surface area contributed by atoms with E-state index in [-0.39, 0.29) is 5.91 Å². The van der Waals surface area contributed by atoms with Crippen LogP contribution in [0.1, 0.15) is 10.4 Å². The molecule has 100 valence electrons. The topological polar surface area (TPSA) is 57.8 Å². The third-order valence-electron chi connectivity index (χ3n) is 2.88. The first-order valence-electron chi connectivity index (χ1n) is 5.83. The molecule has 0 saturated heterocycles. The van der Waals surface area contributed by atoms with Crippen LogP contribution in [-0.4, -0.2) is 16.1 Å². The quantitative estimate of drug-likeness (QED) is 0.679. The van der Waals surface area contributed by atoms with Crippen molar-refractivity contribution >= 4 is 54.4 Å². The van der Waals surface area contributed by atoms with Crippen molar-refractivity contribution in [2.45, 2.75) is 0 Å². The molecule has 0 bridgehead atoms. The fraction of sp³-hybridized carbons (Fsp3) is 0. The number of nitrogens with zero attached hydrogens (tertiary/aromatic N) is 1. The summed E-state index contributed by atoms with van der Waals surface area (Å²) in [5.74, 6) is -0.166. The fourth-order valence-electron chi connectivity index (χ4n) is 1.87. The minimum atomic E-state index is -0.166. The lowest BCUT2D eigenvalue weighted by Gasteiger charge is -2.08. The smallest absolute Gasteiger partial charge is 0.255 e. The Hall–Kier alpha value is -1.66. The van der Waals surface area contributed by atoms with Crippen molar-refractivity contribution in [1.29, 1.82) is 0 Å². The average Bonchev–Trinajstić information content (AvgIpc) is 2.90. The zero-order valence-corrected chi connectivity index (χ0v) is 13.3. The summed E-state index contributed by atoms with van der Waals surface area (Å²) in [6, 6.07) is 11.0. The van der Waals surface area contributed by atoms with Gasteiger partial charge < -0.3 is 5.32 Å². The molecule has 1 amide bonds. The van der Waals surface area contributed by atoms with Gasteiger partial charge in [-0.2, -0.15) is 5.10 Å². The molecule has 6 heteroatoms. The van der Waals surface area contributed by atoms with E-state index >= 15 is 0 Å². The molecule has 0 aliphatic carbocycles. The van der Waals surface area contributed by atoms with Crippen LogP contribution < -0.4 is 5.32 Å². The maximum atomic E-state index is 12.3. The Kier molecular flexibility index (Phi) is 3.58. The van der Waals surface area contributed by atoms with E-state index in [1.165, 1.54) is 0 Å². The number of aromatic amines is 1. The SMILES string of the molecule is O=C(Nc1cc(Br)ccc1Br)c1ccc2cn[nH]c2c1. The minimum Gasteiger partial charge on any atom is -0.321 e. The number of fused-ring (bicyclic) bond motifs is 1. The van der Waals surface area contributed by atoms with E-state index in [1.54, 1.807) is 18.3 Å². The summed E-state index contributed by atoms with van der Waals surface area (Å²) in [4.78, 5) is 12.3. The van der Waals surface area contributed by atoms with Crippen LogP contribution in [0.3, 0.4) is 0 Å². The molecular formula is C14H9Br2N3O. The highest BCUT2D eigenvalue weighted by atomic mass is 79.9. The van der Waals surface area contributed by atoms with Crippen molar-refractivity contribution in [3.8, 4) is 0 Å². The van der Waals surface area contributed by atoms with Crippen LogP contribution in [0.4, 0.5) is 5.69 Å². The second kappa shape index (κ2) is 5.38. The average molecular weight is 395 g/mol. The van der Waals surface area contributed by atoms with Crippen LogP contribution >= 0.6 is 31.9 Å². The normalized spacial score (nSPS) is 10.7. The highest BCUT2D eigenvalue weighted by Crippen LogP contribution is 2.26. The molecule has 3 rings (SSSR count). The van der Waals surface area contributed by atoms with Gasteiger partial charge in [-0.1, -0.05) is 22.0 Å². The Morgan fingerprint density at radius 3 is 2.85 bits per heavy atom. The number of H-pyrrole nitrogens is 1. The number of carbonyl (C=O) groups excluding carboxylic acids is 1. The number of anilines is 1. The lowest BCUT2D eigenvalue weighted by atomic mass is 10.1. The zero-order valence-electron chi connectivity index (χ0n) is 10.2. The number of benzene rings is 2. The molecule has 2 aromatic carbocycles. The highest BCUT2D eigenvalue weighted by Gasteiger charge is 2.10. The Bertz CT molecular complexity index is 798. The first-order valence-corrected chi connectivity index (χ1v) is 7.41. The van der Waals surface area contributed by atoms with E-state index in [9.17, 15) is 4.79 Å². The third kappa shape index (κ3) is 2.62. The highest BCUT2D eigenvalue weighted by molar-refractivity contribution is 9.11. The molecule has 0 unspecified atom stereocenters. The van der Waals surface area contributed by atoms with Crippen molar-refractivity contribution in [2.75, 3.05) is 5.32 Å². The van der Waals surface area contributed by atoms with Crippen LogP contribution in [0, 0.1) is 0 Å². The van der Waals surface area contributed by atoms with Crippen molar-refractivity contribution in [1.82, 2.24) is 10.2 Å². The van der Waals surface area contributed by atoms with E-state index < -0.39 is 0 Å². The monoisotopic (exact) mass is 393 g/mol. The van der Waals surface area contributed by atoms with Gasteiger partial charge in [0, 0.05) is 19.9 Å². The van der Waals surface area contributed by atoms with E-state index in [0.717, 1.165) is 19.8 Å². The summed E-state index contributed by atoms with van der Waals surface area (Å²) in [6.07, 6.45) is 1.72. The number of carbonyl (C=O) groups is 1. The van der Waals surface area contributed by atoms with Gasteiger partial charge in [-0.3, -0.25) is 9.89 Å². The predicted octanol–water partition coefficient (Wildman–Crippen LogP) is 4.34. The molecule has 0 radical (unpaired) electrons.